The first-order valence-corrected chi connectivity index (χ1v) is 8.60. The molecule has 0 aromatic heterocycles. The predicted octanol–water partition coefficient (Wildman–Crippen LogP) is 1.74. The average molecular weight is 384 g/mol. The van der Waals surface area contributed by atoms with Gasteiger partial charge in [0.15, 0.2) is 5.78 Å². The van der Waals surface area contributed by atoms with Gasteiger partial charge in [0.1, 0.15) is 28.8 Å². The molecule has 2 aromatic rings. The summed E-state index contributed by atoms with van der Waals surface area (Å²) in [6.45, 7) is 1.40. The molecule has 1 heterocycles. The molecule has 0 radical (unpaired) electrons. The molecular formula is C20H16O8. The Morgan fingerprint density at radius 2 is 1.68 bits per heavy atom. The van der Waals surface area contributed by atoms with E-state index < -0.39 is 29.5 Å². The van der Waals surface area contributed by atoms with Gasteiger partial charge in [-0.15, -0.1) is 0 Å². The van der Waals surface area contributed by atoms with Crippen LogP contribution < -0.4 is 4.74 Å². The molecule has 1 aliphatic carbocycles. The van der Waals surface area contributed by atoms with E-state index >= 15 is 0 Å². The maximum atomic E-state index is 13.0. The molecule has 0 amide bonds. The number of Topliss-reactive ketones (excluding diaryl/α,β-unsaturated/α-hetero) is 1. The van der Waals surface area contributed by atoms with Gasteiger partial charge in [-0.2, -0.15) is 0 Å². The summed E-state index contributed by atoms with van der Waals surface area (Å²) in [7, 11) is 0. The van der Waals surface area contributed by atoms with Crippen molar-refractivity contribution in [2.24, 2.45) is 0 Å². The monoisotopic (exact) mass is 384 g/mol. The number of ketones is 3. The fourth-order valence-corrected chi connectivity index (χ4v) is 3.84. The van der Waals surface area contributed by atoms with Gasteiger partial charge in [0.25, 0.3) is 0 Å². The van der Waals surface area contributed by atoms with Gasteiger partial charge in [-0.3, -0.25) is 9.59 Å². The van der Waals surface area contributed by atoms with E-state index in [4.69, 9.17) is 4.74 Å². The highest BCUT2D eigenvalue weighted by molar-refractivity contribution is 6.30. The summed E-state index contributed by atoms with van der Waals surface area (Å²) >= 11 is 0. The SMILES string of the molecule is CC(=O)CC[C@H]1c2c(O)cc3c(c2O[C@@H]1O)C(=O)c1c(O)cc(O)cc1C3=O. The number of aliphatic hydroxyl groups excluding tert-OH is 1. The molecule has 0 bridgehead atoms. The van der Waals surface area contributed by atoms with E-state index in [1.807, 2.05) is 0 Å². The molecule has 4 N–H and O–H groups in total. The molecule has 2 aliphatic rings. The van der Waals surface area contributed by atoms with Gasteiger partial charge < -0.3 is 30.0 Å². The van der Waals surface area contributed by atoms with Gasteiger partial charge in [0.05, 0.1) is 17.0 Å². The smallest absolute Gasteiger partial charge is 0.204 e. The van der Waals surface area contributed by atoms with Crippen LogP contribution in [-0.4, -0.2) is 44.1 Å². The number of aliphatic hydroxyl groups is 1. The van der Waals surface area contributed by atoms with Crippen molar-refractivity contribution in [3.63, 3.8) is 0 Å². The highest BCUT2D eigenvalue weighted by atomic mass is 16.6. The Kier molecular flexibility index (Phi) is 3.90. The average Bonchev–Trinajstić information content (AvgIpc) is 2.93. The van der Waals surface area contributed by atoms with Crippen molar-refractivity contribution in [1.82, 2.24) is 0 Å². The summed E-state index contributed by atoms with van der Waals surface area (Å²) in [5.41, 5.74) is -0.654. The molecule has 2 atom stereocenters. The highest BCUT2D eigenvalue weighted by Gasteiger charge is 2.43. The molecule has 8 heteroatoms. The van der Waals surface area contributed by atoms with E-state index in [2.05, 4.69) is 0 Å². The lowest BCUT2D eigenvalue weighted by Gasteiger charge is -2.21. The number of carbonyl (C=O) groups is 3. The summed E-state index contributed by atoms with van der Waals surface area (Å²) in [5.74, 6) is -3.68. The number of ether oxygens (including phenoxy) is 1. The van der Waals surface area contributed by atoms with Crippen LogP contribution in [0.3, 0.4) is 0 Å². The third kappa shape index (κ3) is 2.45. The van der Waals surface area contributed by atoms with Crippen molar-refractivity contribution in [2.45, 2.75) is 32.0 Å². The maximum absolute atomic E-state index is 13.0. The molecule has 8 nitrogen and oxygen atoms in total. The number of aromatic hydroxyl groups is 3. The Bertz CT molecular complexity index is 1070. The van der Waals surface area contributed by atoms with Crippen molar-refractivity contribution in [3.05, 3.63) is 46.0 Å². The van der Waals surface area contributed by atoms with E-state index in [0.717, 1.165) is 18.2 Å². The molecule has 2 aromatic carbocycles. The Hall–Kier alpha value is -3.39. The van der Waals surface area contributed by atoms with E-state index in [0.29, 0.717) is 0 Å². The summed E-state index contributed by atoms with van der Waals surface area (Å²) in [4.78, 5) is 37.2. The third-order valence-corrected chi connectivity index (χ3v) is 5.10. The van der Waals surface area contributed by atoms with Crippen molar-refractivity contribution < 1.29 is 39.5 Å². The second-order valence-electron chi connectivity index (χ2n) is 6.96. The number of fused-ring (bicyclic) bond motifs is 4. The highest BCUT2D eigenvalue weighted by Crippen LogP contribution is 2.51. The first-order valence-electron chi connectivity index (χ1n) is 8.60. The molecule has 1 aliphatic heterocycles. The molecule has 0 fully saturated rings. The Balaban J connectivity index is 1.92. The molecule has 144 valence electrons. The number of rotatable bonds is 3. The first-order chi connectivity index (χ1) is 13.2. The van der Waals surface area contributed by atoms with Crippen LogP contribution in [0.15, 0.2) is 18.2 Å². The second kappa shape index (κ2) is 6.07. The van der Waals surface area contributed by atoms with Crippen molar-refractivity contribution in [1.29, 1.82) is 0 Å². The van der Waals surface area contributed by atoms with Gasteiger partial charge in [-0.05, 0) is 25.5 Å². The zero-order chi connectivity index (χ0) is 20.3. The Morgan fingerprint density at radius 3 is 2.36 bits per heavy atom. The molecule has 0 unspecified atom stereocenters. The summed E-state index contributed by atoms with van der Waals surface area (Å²) < 4.78 is 5.41. The molecule has 0 spiro atoms. The predicted molar refractivity (Wildman–Crippen MR) is 94.0 cm³/mol. The zero-order valence-electron chi connectivity index (χ0n) is 14.7. The quantitative estimate of drug-likeness (QED) is 0.535. The number of carbonyl (C=O) groups excluding carboxylic acids is 3. The van der Waals surface area contributed by atoms with Gasteiger partial charge in [0.2, 0.25) is 12.1 Å². The van der Waals surface area contributed by atoms with E-state index in [1.54, 1.807) is 0 Å². The number of benzene rings is 2. The van der Waals surface area contributed by atoms with Crippen LogP contribution >= 0.6 is 0 Å². The van der Waals surface area contributed by atoms with Gasteiger partial charge in [-0.25, -0.2) is 0 Å². The van der Waals surface area contributed by atoms with Gasteiger partial charge in [0, 0.05) is 29.2 Å². The zero-order valence-corrected chi connectivity index (χ0v) is 14.7. The topological polar surface area (TPSA) is 141 Å². The van der Waals surface area contributed by atoms with Crippen molar-refractivity contribution in [3.8, 4) is 23.0 Å². The molecule has 0 saturated carbocycles. The number of phenols is 3. The number of hydrogen-bond donors (Lipinski definition) is 4. The number of phenolic OH excluding ortho intramolecular Hbond substituents is 3. The van der Waals surface area contributed by atoms with E-state index in [9.17, 15) is 34.8 Å². The lowest BCUT2D eigenvalue weighted by molar-refractivity contribution is -0.117. The lowest BCUT2D eigenvalue weighted by atomic mass is 9.80. The first kappa shape index (κ1) is 18.0. The normalized spacial score (nSPS) is 19.6. The van der Waals surface area contributed by atoms with E-state index in [-0.39, 0.29) is 63.7 Å². The van der Waals surface area contributed by atoms with Crippen LogP contribution in [0.2, 0.25) is 0 Å². The standard InChI is InChI=1S/C20H16O8/c1-7(21)2-3-9-15-13(24)6-11-16(19(15)28-20(9)27)18(26)14-10(17(11)25)4-8(22)5-12(14)23/h4-6,9,20,22-24,27H,2-3H2,1H3/t9-,20-/m0/s1. The summed E-state index contributed by atoms with van der Waals surface area (Å²) in [6.07, 6.45) is -1.07. The molecule has 4 rings (SSSR count). The molecular weight excluding hydrogens is 368 g/mol. The van der Waals surface area contributed by atoms with Gasteiger partial charge >= 0.3 is 0 Å². The molecule has 28 heavy (non-hydrogen) atoms. The van der Waals surface area contributed by atoms with Crippen molar-refractivity contribution in [2.75, 3.05) is 0 Å². The van der Waals surface area contributed by atoms with Crippen molar-refractivity contribution >= 4 is 17.3 Å². The van der Waals surface area contributed by atoms with E-state index in [1.165, 1.54) is 6.92 Å². The minimum atomic E-state index is -1.40. The van der Waals surface area contributed by atoms with Crippen LogP contribution in [0.5, 0.6) is 23.0 Å². The Labute approximate surface area is 158 Å². The summed E-state index contributed by atoms with van der Waals surface area (Å²) in [6, 6.07) is 3.12. The van der Waals surface area contributed by atoms with Crippen LogP contribution in [-0.2, 0) is 4.79 Å². The minimum absolute atomic E-state index is 0.108. The van der Waals surface area contributed by atoms with Crippen LogP contribution in [0, 0.1) is 0 Å². The summed E-state index contributed by atoms with van der Waals surface area (Å²) in [5, 5.41) is 40.5. The Morgan fingerprint density at radius 1 is 1.00 bits per heavy atom. The van der Waals surface area contributed by atoms with Crippen LogP contribution in [0.1, 0.15) is 63.1 Å². The third-order valence-electron chi connectivity index (χ3n) is 5.10. The maximum Gasteiger partial charge on any atom is 0.204 e. The van der Waals surface area contributed by atoms with Crippen LogP contribution in [0.4, 0.5) is 0 Å². The molecule has 0 saturated heterocycles. The van der Waals surface area contributed by atoms with Gasteiger partial charge in [-0.1, -0.05) is 0 Å². The minimum Gasteiger partial charge on any atom is -0.508 e. The fourth-order valence-electron chi connectivity index (χ4n) is 3.84. The van der Waals surface area contributed by atoms with Crippen LogP contribution in [0.25, 0.3) is 0 Å². The fraction of sp³-hybridized carbons (Fsp3) is 0.250. The largest absolute Gasteiger partial charge is 0.508 e. The number of hydrogen-bond acceptors (Lipinski definition) is 8. The second-order valence-corrected chi connectivity index (χ2v) is 6.96. The lowest BCUT2D eigenvalue weighted by Crippen LogP contribution is -2.22.